The number of carbonyl (C=O) groups is 1. The van der Waals surface area contributed by atoms with Crippen molar-refractivity contribution in [1.29, 1.82) is 0 Å². The van der Waals surface area contributed by atoms with Crippen LogP contribution in [-0.4, -0.2) is 54.9 Å². The van der Waals surface area contributed by atoms with E-state index in [1.54, 1.807) is 73.6 Å². The summed E-state index contributed by atoms with van der Waals surface area (Å²) >= 11 is 0. The monoisotopic (exact) mass is 416 g/mol. The Morgan fingerprint density at radius 1 is 1.00 bits per heavy atom. The maximum atomic E-state index is 12.8. The Hall–Kier alpha value is -2.22. The van der Waals surface area contributed by atoms with Gasteiger partial charge in [0.2, 0.25) is 10.0 Å². The first-order chi connectivity index (χ1) is 13.8. The van der Waals surface area contributed by atoms with E-state index < -0.39 is 16.1 Å². The van der Waals surface area contributed by atoms with Crippen molar-refractivity contribution in [2.45, 2.75) is 49.3 Å². The molecule has 6 nitrogen and oxygen atoms in total. The van der Waals surface area contributed by atoms with E-state index in [2.05, 4.69) is 0 Å². The fraction of sp³-hybridized carbons (Fsp3) is 0.409. The third-order valence-electron chi connectivity index (χ3n) is 5.57. The Morgan fingerprint density at radius 2 is 1.62 bits per heavy atom. The molecule has 0 aliphatic heterocycles. The van der Waals surface area contributed by atoms with Crippen molar-refractivity contribution in [3.8, 4) is 0 Å². The highest BCUT2D eigenvalue weighted by atomic mass is 32.2. The fourth-order valence-corrected chi connectivity index (χ4v) is 4.94. The second-order valence-corrected chi connectivity index (χ2v) is 9.65. The lowest BCUT2D eigenvalue weighted by molar-refractivity contribution is 0.0268. The van der Waals surface area contributed by atoms with Gasteiger partial charge in [-0.2, -0.15) is 4.31 Å². The van der Waals surface area contributed by atoms with E-state index in [1.807, 2.05) is 0 Å². The number of nitrogens with zero attached hydrogens (tertiary/aromatic N) is 2. The van der Waals surface area contributed by atoms with Crippen molar-refractivity contribution in [3.05, 3.63) is 65.7 Å². The van der Waals surface area contributed by atoms with Crippen LogP contribution in [0.5, 0.6) is 0 Å². The predicted octanol–water partition coefficient (Wildman–Crippen LogP) is 2.88. The zero-order chi connectivity index (χ0) is 21.0. The quantitative estimate of drug-likeness (QED) is 0.785. The topological polar surface area (TPSA) is 77.9 Å². The summed E-state index contributed by atoms with van der Waals surface area (Å²) in [6.07, 6.45) is 3.07. The zero-order valence-corrected chi connectivity index (χ0v) is 17.7. The molecule has 1 aliphatic rings. The van der Waals surface area contributed by atoms with Gasteiger partial charge in [-0.25, -0.2) is 8.42 Å². The first-order valence-corrected chi connectivity index (χ1v) is 11.3. The average molecular weight is 417 g/mol. The molecule has 0 heterocycles. The van der Waals surface area contributed by atoms with Gasteiger partial charge in [-0.3, -0.25) is 4.79 Å². The first kappa shape index (κ1) is 21.5. The van der Waals surface area contributed by atoms with Crippen LogP contribution >= 0.6 is 0 Å². The van der Waals surface area contributed by atoms with Crippen molar-refractivity contribution in [3.63, 3.8) is 0 Å². The molecular formula is C22H28N2O4S. The standard InChI is InChI=1S/C22H28N2O4S/c1-23(29(27,28)19-8-4-3-5-9-19)16-17-12-14-18(15-13-17)22(26)24(2)20-10-6-7-11-21(20)25/h3-5,8-9,12-15,20-21,25H,6-7,10-11,16H2,1-2H3/t20-,21+/m0/s1. The Balaban J connectivity index is 1.67. The SMILES string of the molecule is CN(C(=O)c1ccc(CN(C)S(=O)(=O)c2ccccc2)cc1)[C@H]1CCCC[C@H]1O. The van der Waals surface area contributed by atoms with Crippen LogP contribution < -0.4 is 0 Å². The molecule has 0 saturated heterocycles. The molecule has 1 fully saturated rings. The Labute approximate surface area is 172 Å². The molecule has 2 atom stereocenters. The van der Waals surface area contributed by atoms with Gasteiger partial charge in [0.1, 0.15) is 0 Å². The lowest BCUT2D eigenvalue weighted by Gasteiger charge is -2.35. The van der Waals surface area contributed by atoms with Crippen molar-refractivity contribution in [2.24, 2.45) is 0 Å². The molecule has 0 bridgehead atoms. The van der Waals surface area contributed by atoms with Gasteiger partial charge in [0.05, 0.1) is 17.0 Å². The maximum Gasteiger partial charge on any atom is 0.253 e. The summed E-state index contributed by atoms with van der Waals surface area (Å²) in [6, 6.07) is 15.1. The molecule has 0 spiro atoms. The van der Waals surface area contributed by atoms with E-state index in [0.29, 0.717) is 5.56 Å². The van der Waals surface area contributed by atoms with Gasteiger partial charge in [-0.05, 0) is 42.7 Å². The summed E-state index contributed by atoms with van der Waals surface area (Å²) in [7, 11) is -0.294. The summed E-state index contributed by atoms with van der Waals surface area (Å²) in [5.74, 6) is -0.132. The highest BCUT2D eigenvalue weighted by molar-refractivity contribution is 7.89. The van der Waals surface area contributed by atoms with E-state index in [1.165, 1.54) is 4.31 Å². The van der Waals surface area contributed by atoms with E-state index in [-0.39, 0.29) is 23.4 Å². The number of likely N-dealkylation sites (N-methyl/N-ethyl adjacent to an activating group) is 1. The molecular weight excluding hydrogens is 388 g/mol. The molecule has 1 amide bonds. The molecule has 7 heteroatoms. The number of benzene rings is 2. The van der Waals surface area contributed by atoms with Crippen molar-refractivity contribution in [2.75, 3.05) is 14.1 Å². The molecule has 0 radical (unpaired) electrons. The van der Waals surface area contributed by atoms with Crippen LogP contribution in [0.4, 0.5) is 0 Å². The highest BCUT2D eigenvalue weighted by Crippen LogP contribution is 2.24. The van der Waals surface area contributed by atoms with Crippen molar-refractivity contribution >= 4 is 15.9 Å². The van der Waals surface area contributed by atoms with E-state index in [0.717, 1.165) is 31.2 Å². The van der Waals surface area contributed by atoms with Crippen LogP contribution in [0.25, 0.3) is 0 Å². The minimum atomic E-state index is -3.57. The van der Waals surface area contributed by atoms with Gasteiger partial charge >= 0.3 is 0 Å². The molecule has 2 aromatic carbocycles. The van der Waals surface area contributed by atoms with Crippen LogP contribution in [-0.2, 0) is 16.6 Å². The molecule has 3 rings (SSSR count). The minimum absolute atomic E-state index is 0.132. The first-order valence-electron chi connectivity index (χ1n) is 9.86. The van der Waals surface area contributed by atoms with Crippen LogP contribution in [0.15, 0.2) is 59.5 Å². The molecule has 1 saturated carbocycles. The number of sulfonamides is 1. The predicted molar refractivity (Wildman–Crippen MR) is 112 cm³/mol. The lowest BCUT2D eigenvalue weighted by Crippen LogP contribution is -2.46. The van der Waals surface area contributed by atoms with Crippen LogP contribution in [0.3, 0.4) is 0 Å². The molecule has 1 N–H and O–H groups in total. The number of amides is 1. The fourth-order valence-electron chi connectivity index (χ4n) is 3.76. The molecule has 1 aliphatic carbocycles. The summed E-state index contributed by atoms with van der Waals surface area (Å²) in [5, 5.41) is 10.2. The van der Waals surface area contributed by atoms with Gasteiger partial charge in [-0.1, -0.05) is 43.2 Å². The molecule has 0 aromatic heterocycles. The molecule has 0 unspecified atom stereocenters. The summed E-state index contributed by atoms with van der Waals surface area (Å²) in [4.78, 5) is 14.7. The second-order valence-electron chi connectivity index (χ2n) is 7.61. The van der Waals surface area contributed by atoms with Gasteiger partial charge in [0.15, 0.2) is 0 Å². The third-order valence-corrected chi connectivity index (χ3v) is 7.39. The third kappa shape index (κ3) is 4.86. The average Bonchev–Trinajstić information content (AvgIpc) is 2.74. The maximum absolute atomic E-state index is 12.8. The Kier molecular flexibility index (Phi) is 6.72. The van der Waals surface area contributed by atoms with Gasteiger partial charge in [-0.15, -0.1) is 0 Å². The van der Waals surface area contributed by atoms with Crippen LogP contribution in [0, 0.1) is 0 Å². The number of carbonyl (C=O) groups excluding carboxylic acids is 1. The van der Waals surface area contributed by atoms with E-state index in [4.69, 9.17) is 0 Å². The number of rotatable bonds is 6. The van der Waals surface area contributed by atoms with Crippen LogP contribution in [0.1, 0.15) is 41.6 Å². The van der Waals surface area contributed by atoms with Crippen molar-refractivity contribution in [1.82, 2.24) is 9.21 Å². The van der Waals surface area contributed by atoms with Crippen molar-refractivity contribution < 1.29 is 18.3 Å². The summed E-state index contributed by atoms with van der Waals surface area (Å²) in [5.41, 5.74) is 1.33. The Morgan fingerprint density at radius 3 is 2.24 bits per heavy atom. The number of hydrogen-bond acceptors (Lipinski definition) is 4. The van der Waals surface area contributed by atoms with E-state index >= 15 is 0 Å². The summed E-state index contributed by atoms with van der Waals surface area (Å²) in [6.45, 7) is 0.211. The minimum Gasteiger partial charge on any atom is -0.391 e. The molecule has 29 heavy (non-hydrogen) atoms. The molecule has 2 aromatic rings. The zero-order valence-electron chi connectivity index (χ0n) is 16.9. The largest absolute Gasteiger partial charge is 0.391 e. The molecule has 156 valence electrons. The smallest absolute Gasteiger partial charge is 0.253 e. The second kappa shape index (κ2) is 9.07. The highest BCUT2D eigenvalue weighted by Gasteiger charge is 2.29. The van der Waals surface area contributed by atoms with Gasteiger partial charge in [0, 0.05) is 26.2 Å². The van der Waals surface area contributed by atoms with Gasteiger partial charge in [0.25, 0.3) is 5.91 Å². The van der Waals surface area contributed by atoms with E-state index in [9.17, 15) is 18.3 Å². The number of hydrogen-bond donors (Lipinski definition) is 1. The van der Waals surface area contributed by atoms with Gasteiger partial charge < -0.3 is 10.0 Å². The Bertz CT molecular complexity index is 929. The number of aliphatic hydroxyl groups is 1. The lowest BCUT2D eigenvalue weighted by atomic mass is 9.91. The summed E-state index contributed by atoms with van der Waals surface area (Å²) < 4.78 is 26.6. The number of aliphatic hydroxyl groups excluding tert-OH is 1. The normalized spacial score (nSPS) is 19.9. The van der Waals surface area contributed by atoms with Crippen LogP contribution in [0.2, 0.25) is 0 Å².